The van der Waals surface area contributed by atoms with Crippen molar-refractivity contribution < 1.29 is 24.5 Å². The molecular formula is C12H22O5. The van der Waals surface area contributed by atoms with Crippen LogP contribution in [0.1, 0.15) is 13.8 Å². The maximum absolute atomic E-state index is 10.3. The Morgan fingerprint density at radius 3 is 2.12 bits per heavy atom. The quantitative estimate of drug-likeness (QED) is 0.229. The van der Waals surface area contributed by atoms with Crippen molar-refractivity contribution in [3.05, 3.63) is 25.3 Å². The summed E-state index contributed by atoms with van der Waals surface area (Å²) in [5.74, 6) is -0.482. The smallest absolute Gasteiger partial charge is 0.332 e. The van der Waals surface area contributed by atoms with Crippen LogP contribution in [0.2, 0.25) is 0 Å². The molecule has 0 radical (unpaired) electrons. The summed E-state index contributed by atoms with van der Waals surface area (Å²) in [7, 11) is 0. The van der Waals surface area contributed by atoms with Gasteiger partial charge in [0.1, 0.15) is 0 Å². The molecule has 0 aliphatic rings. The van der Waals surface area contributed by atoms with Crippen LogP contribution < -0.4 is 0 Å². The molecule has 0 aromatic heterocycles. The van der Waals surface area contributed by atoms with Crippen LogP contribution in [-0.4, -0.2) is 42.8 Å². The lowest BCUT2D eigenvalue weighted by Crippen LogP contribution is -2.20. The molecule has 17 heavy (non-hydrogen) atoms. The zero-order valence-electron chi connectivity index (χ0n) is 10.5. The molecule has 0 aliphatic carbocycles. The van der Waals surface area contributed by atoms with Gasteiger partial charge in [-0.3, -0.25) is 0 Å². The number of aliphatic hydroxyl groups excluding tert-OH is 2. The number of carbonyl (C=O) groups excluding carboxylic acids is 1. The van der Waals surface area contributed by atoms with Gasteiger partial charge in [0.05, 0.1) is 19.8 Å². The minimum Gasteiger partial charge on any atom is -0.435 e. The van der Waals surface area contributed by atoms with E-state index in [1.807, 2.05) is 0 Å². The second kappa shape index (κ2) is 11.3. The van der Waals surface area contributed by atoms with Crippen molar-refractivity contribution in [2.24, 2.45) is 5.41 Å². The highest BCUT2D eigenvalue weighted by Crippen LogP contribution is 2.10. The molecule has 0 heterocycles. The Bertz CT molecular complexity index is 217. The van der Waals surface area contributed by atoms with Gasteiger partial charge in [-0.2, -0.15) is 0 Å². The number of hydrogen-bond donors (Lipinski definition) is 2. The van der Waals surface area contributed by atoms with Crippen LogP contribution in [-0.2, 0) is 14.3 Å². The summed E-state index contributed by atoms with van der Waals surface area (Å²) in [6.07, 6.45) is 2.65. The first-order valence-corrected chi connectivity index (χ1v) is 5.13. The van der Waals surface area contributed by atoms with Gasteiger partial charge in [-0.25, -0.2) is 4.79 Å². The highest BCUT2D eigenvalue weighted by atomic mass is 16.7. The van der Waals surface area contributed by atoms with Crippen LogP contribution in [0.4, 0.5) is 0 Å². The average molecular weight is 246 g/mol. The molecule has 0 bridgehead atoms. The first kappa shape index (κ1) is 18.2. The van der Waals surface area contributed by atoms with E-state index in [2.05, 4.69) is 17.9 Å². The molecule has 2 N–H and O–H groups in total. The molecule has 0 saturated heterocycles. The fraction of sp³-hybridized carbons (Fsp3) is 0.583. The molecule has 0 amide bonds. The Balaban J connectivity index is 0. The van der Waals surface area contributed by atoms with Crippen LogP contribution in [0.15, 0.2) is 25.3 Å². The Morgan fingerprint density at radius 2 is 1.82 bits per heavy atom. The second-order valence-electron chi connectivity index (χ2n) is 3.93. The van der Waals surface area contributed by atoms with Gasteiger partial charge < -0.3 is 19.7 Å². The largest absolute Gasteiger partial charge is 0.435 e. The van der Waals surface area contributed by atoms with Gasteiger partial charge >= 0.3 is 5.97 Å². The molecule has 0 atom stereocenters. The van der Waals surface area contributed by atoms with E-state index in [0.29, 0.717) is 6.61 Å². The predicted molar refractivity (Wildman–Crippen MR) is 65.3 cm³/mol. The topological polar surface area (TPSA) is 76.0 Å². The molecule has 0 rings (SSSR count). The first-order valence-electron chi connectivity index (χ1n) is 5.13. The summed E-state index contributed by atoms with van der Waals surface area (Å²) >= 11 is 0. The molecule has 0 spiro atoms. The van der Waals surface area contributed by atoms with E-state index >= 15 is 0 Å². The van der Waals surface area contributed by atoms with Crippen LogP contribution in [0.5, 0.6) is 0 Å². The molecule has 0 unspecified atom stereocenters. The zero-order valence-corrected chi connectivity index (χ0v) is 10.5. The van der Waals surface area contributed by atoms with Crippen LogP contribution in [0.3, 0.4) is 0 Å². The van der Waals surface area contributed by atoms with E-state index in [9.17, 15) is 4.79 Å². The van der Waals surface area contributed by atoms with Crippen molar-refractivity contribution in [1.82, 2.24) is 0 Å². The monoisotopic (exact) mass is 246 g/mol. The van der Waals surface area contributed by atoms with Gasteiger partial charge in [0, 0.05) is 11.5 Å². The van der Waals surface area contributed by atoms with Crippen molar-refractivity contribution in [3.8, 4) is 0 Å². The summed E-state index contributed by atoms with van der Waals surface area (Å²) in [6.45, 7) is 10.6. The molecule has 0 fully saturated rings. The van der Waals surface area contributed by atoms with Gasteiger partial charge in [0.2, 0.25) is 0 Å². The molecule has 0 aromatic carbocycles. The van der Waals surface area contributed by atoms with E-state index < -0.39 is 5.97 Å². The lowest BCUT2D eigenvalue weighted by atomic mass is 9.97. The number of hydrogen-bond acceptors (Lipinski definition) is 5. The lowest BCUT2D eigenvalue weighted by Gasteiger charge is -2.16. The first-order chi connectivity index (χ1) is 7.93. The Labute approximate surface area is 102 Å². The van der Waals surface area contributed by atoms with Crippen molar-refractivity contribution in [1.29, 1.82) is 0 Å². The Kier molecular flexibility index (Phi) is 12.1. The van der Waals surface area contributed by atoms with E-state index in [4.69, 9.17) is 14.9 Å². The van der Waals surface area contributed by atoms with E-state index in [0.717, 1.165) is 6.08 Å². The van der Waals surface area contributed by atoms with Gasteiger partial charge in [0.25, 0.3) is 0 Å². The third kappa shape index (κ3) is 14.8. The summed E-state index contributed by atoms with van der Waals surface area (Å²) < 4.78 is 9.21. The molecule has 100 valence electrons. The third-order valence-electron chi connectivity index (χ3n) is 1.54. The van der Waals surface area contributed by atoms with Gasteiger partial charge in [-0.1, -0.05) is 26.5 Å². The average Bonchev–Trinajstić information content (AvgIpc) is 2.35. The molecule has 0 aromatic rings. The zero-order chi connectivity index (χ0) is 13.7. The summed E-state index contributed by atoms with van der Waals surface area (Å²) in [6, 6.07) is 0. The molecule has 5 nitrogen and oxygen atoms in total. The molecule has 0 saturated carbocycles. The SMILES string of the molecule is C=CCOCOC(=O)C=C.CC(C)(CO)CO. The van der Waals surface area contributed by atoms with Gasteiger partial charge in [-0.05, 0) is 0 Å². The predicted octanol–water partition coefficient (Wildman–Crippen LogP) is 0.873. The van der Waals surface area contributed by atoms with Crippen molar-refractivity contribution >= 4 is 5.97 Å². The number of carbonyl (C=O) groups is 1. The fourth-order valence-corrected chi connectivity index (χ4v) is 0.340. The van der Waals surface area contributed by atoms with Crippen LogP contribution >= 0.6 is 0 Å². The summed E-state index contributed by atoms with van der Waals surface area (Å²) in [5.41, 5.74) is -0.306. The van der Waals surface area contributed by atoms with E-state index in [1.165, 1.54) is 0 Å². The molecule has 0 aliphatic heterocycles. The highest BCUT2D eigenvalue weighted by Gasteiger charge is 2.13. The highest BCUT2D eigenvalue weighted by molar-refractivity contribution is 5.81. The lowest BCUT2D eigenvalue weighted by molar-refractivity contribution is -0.149. The molecular weight excluding hydrogens is 224 g/mol. The van der Waals surface area contributed by atoms with Crippen molar-refractivity contribution in [2.75, 3.05) is 26.6 Å². The maximum Gasteiger partial charge on any atom is 0.332 e. The van der Waals surface area contributed by atoms with Gasteiger partial charge in [-0.15, -0.1) is 6.58 Å². The number of rotatable bonds is 7. The van der Waals surface area contributed by atoms with Crippen molar-refractivity contribution in [3.63, 3.8) is 0 Å². The normalized spacial score (nSPS) is 9.88. The fourth-order valence-electron chi connectivity index (χ4n) is 0.340. The van der Waals surface area contributed by atoms with Crippen LogP contribution in [0, 0.1) is 5.41 Å². The standard InChI is InChI=1S/C7H10O3.C5H12O2/c1-3-5-9-6-10-7(8)4-2;1-5(2,3-6)4-7/h3-4H,1-2,5-6H2;6-7H,3-4H2,1-2H3. The summed E-state index contributed by atoms with van der Waals surface area (Å²) in [4.78, 5) is 10.3. The van der Waals surface area contributed by atoms with E-state index in [1.54, 1.807) is 19.9 Å². The van der Waals surface area contributed by atoms with Crippen LogP contribution in [0.25, 0.3) is 0 Å². The van der Waals surface area contributed by atoms with Gasteiger partial charge in [0.15, 0.2) is 6.79 Å². The number of esters is 1. The Morgan fingerprint density at radius 1 is 1.29 bits per heavy atom. The van der Waals surface area contributed by atoms with E-state index in [-0.39, 0.29) is 25.4 Å². The minimum atomic E-state index is -0.482. The van der Waals surface area contributed by atoms with Crippen molar-refractivity contribution in [2.45, 2.75) is 13.8 Å². The third-order valence-corrected chi connectivity index (χ3v) is 1.54. The second-order valence-corrected chi connectivity index (χ2v) is 3.93. The molecule has 5 heteroatoms. The minimum absolute atomic E-state index is 0.0448. The summed E-state index contributed by atoms with van der Waals surface area (Å²) in [5, 5.41) is 16.9. The maximum atomic E-state index is 10.3. The Hall–Kier alpha value is -1.17. The number of ether oxygens (including phenoxy) is 2. The number of aliphatic hydroxyl groups is 2.